The van der Waals surface area contributed by atoms with E-state index >= 15 is 0 Å². The highest BCUT2D eigenvalue weighted by molar-refractivity contribution is 7.27. The van der Waals surface area contributed by atoms with E-state index in [1.54, 1.807) is 22.7 Å². The molecule has 21 heavy (non-hydrogen) atoms. The molecule has 2 rings (SSSR count). The van der Waals surface area contributed by atoms with Crippen LogP contribution in [0.15, 0.2) is 12.1 Å². The molecule has 0 aliphatic heterocycles. The van der Waals surface area contributed by atoms with Crippen LogP contribution < -0.4 is 0 Å². The van der Waals surface area contributed by atoms with Crippen LogP contribution in [0, 0.1) is 0 Å². The van der Waals surface area contributed by atoms with Crippen molar-refractivity contribution in [3.8, 4) is 0 Å². The number of aryl methyl sites for hydroxylation is 2. The Labute approximate surface area is 132 Å². The molecule has 0 saturated carbocycles. The lowest BCUT2D eigenvalue weighted by Gasteiger charge is -2.02. The van der Waals surface area contributed by atoms with Crippen LogP contribution in [0.25, 0.3) is 9.40 Å². The molecular weight excluding hydrogens is 304 g/mol. The maximum Gasteiger partial charge on any atom is 0.306 e. The molecule has 0 fully saturated rings. The number of hydrogen-bond acceptors (Lipinski definition) is 5. The molecule has 2 heterocycles. The smallest absolute Gasteiger partial charge is 0.306 e. The third-order valence-corrected chi connectivity index (χ3v) is 5.57. The van der Waals surface area contributed by atoms with Gasteiger partial charge in [-0.05, 0) is 31.4 Å². The second-order valence-electron chi connectivity index (χ2n) is 4.93. The van der Waals surface area contributed by atoms with Gasteiger partial charge in [-0.15, -0.1) is 22.7 Å². The zero-order chi connectivity index (χ0) is 15.1. The Balaban J connectivity index is 1.84. The summed E-state index contributed by atoms with van der Waals surface area (Å²) in [6, 6.07) is 4.33. The van der Waals surface area contributed by atoms with Gasteiger partial charge in [-0.2, -0.15) is 0 Å². The third kappa shape index (κ3) is 4.93. The van der Waals surface area contributed by atoms with Crippen LogP contribution in [-0.4, -0.2) is 18.9 Å². The third-order valence-electron chi connectivity index (χ3n) is 3.15. The average Bonchev–Trinajstić information content (AvgIpc) is 3.01. The number of carbonyl (C=O) groups is 2. The van der Waals surface area contributed by atoms with Crippen molar-refractivity contribution in [2.24, 2.45) is 0 Å². The standard InChI is InChI=1S/C16H20O3S2/c1-2-3-9-19-16(18)7-6-13-11-15-14(21-13)10-12(20-15)5-4-8-17/h8,10-11H,2-7,9H2,1H3. The predicted octanol–water partition coefficient (Wildman–Crippen LogP) is 4.37. The van der Waals surface area contributed by atoms with Crippen molar-refractivity contribution in [3.05, 3.63) is 21.9 Å². The minimum absolute atomic E-state index is 0.105. The van der Waals surface area contributed by atoms with Crippen molar-refractivity contribution in [1.82, 2.24) is 0 Å². The highest BCUT2D eigenvalue weighted by atomic mass is 32.1. The summed E-state index contributed by atoms with van der Waals surface area (Å²) in [7, 11) is 0. The number of esters is 1. The zero-order valence-electron chi connectivity index (χ0n) is 12.2. The van der Waals surface area contributed by atoms with Crippen molar-refractivity contribution >= 4 is 44.3 Å². The Morgan fingerprint density at radius 1 is 1.19 bits per heavy atom. The lowest BCUT2D eigenvalue weighted by Crippen LogP contribution is -2.06. The van der Waals surface area contributed by atoms with Crippen molar-refractivity contribution in [1.29, 1.82) is 0 Å². The van der Waals surface area contributed by atoms with Crippen LogP contribution in [0.2, 0.25) is 0 Å². The molecule has 0 aliphatic rings. The maximum atomic E-state index is 11.6. The minimum Gasteiger partial charge on any atom is -0.466 e. The van der Waals surface area contributed by atoms with E-state index in [9.17, 15) is 9.59 Å². The molecule has 0 aromatic carbocycles. The first-order chi connectivity index (χ1) is 10.2. The van der Waals surface area contributed by atoms with Crippen LogP contribution in [-0.2, 0) is 27.2 Å². The first-order valence-electron chi connectivity index (χ1n) is 7.33. The molecule has 114 valence electrons. The van der Waals surface area contributed by atoms with Crippen LogP contribution in [0.4, 0.5) is 0 Å². The van der Waals surface area contributed by atoms with E-state index in [0.717, 1.165) is 32.0 Å². The summed E-state index contributed by atoms with van der Waals surface area (Å²) in [5.41, 5.74) is 0. The van der Waals surface area contributed by atoms with Gasteiger partial charge in [0.2, 0.25) is 0 Å². The van der Waals surface area contributed by atoms with Crippen LogP contribution >= 0.6 is 22.7 Å². The van der Waals surface area contributed by atoms with Crippen molar-refractivity contribution < 1.29 is 14.3 Å². The van der Waals surface area contributed by atoms with Gasteiger partial charge >= 0.3 is 5.97 Å². The molecule has 0 atom stereocenters. The fourth-order valence-corrected chi connectivity index (χ4v) is 4.47. The molecule has 0 radical (unpaired) electrons. The van der Waals surface area contributed by atoms with Gasteiger partial charge in [-0.3, -0.25) is 4.79 Å². The highest BCUT2D eigenvalue weighted by Gasteiger charge is 2.09. The Bertz CT molecular complexity index is 566. The van der Waals surface area contributed by atoms with Crippen LogP contribution in [0.1, 0.15) is 42.4 Å². The number of aldehydes is 1. The number of carbonyl (C=O) groups excluding carboxylic acids is 2. The van der Waals surface area contributed by atoms with Crippen molar-refractivity contribution in [2.75, 3.05) is 6.61 Å². The molecule has 0 aliphatic carbocycles. The molecule has 3 nitrogen and oxygen atoms in total. The van der Waals surface area contributed by atoms with Gasteiger partial charge < -0.3 is 9.53 Å². The molecule has 0 saturated heterocycles. The molecule has 0 amide bonds. The second kappa shape index (κ2) is 8.29. The first-order valence-corrected chi connectivity index (χ1v) is 8.96. The summed E-state index contributed by atoms with van der Waals surface area (Å²) in [5.74, 6) is -0.105. The fourth-order valence-electron chi connectivity index (χ4n) is 2.01. The van der Waals surface area contributed by atoms with E-state index in [2.05, 4.69) is 19.1 Å². The van der Waals surface area contributed by atoms with Gasteiger partial charge in [0.05, 0.1) is 13.0 Å². The van der Waals surface area contributed by atoms with Crippen molar-refractivity contribution in [2.45, 2.75) is 45.4 Å². The number of hydrogen-bond donors (Lipinski definition) is 0. The number of rotatable bonds is 9. The van der Waals surface area contributed by atoms with Gasteiger partial charge in [-0.25, -0.2) is 0 Å². The Morgan fingerprint density at radius 2 is 1.86 bits per heavy atom. The summed E-state index contributed by atoms with van der Waals surface area (Å²) < 4.78 is 7.68. The van der Waals surface area contributed by atoms with Crippen molar-refractivity contribution in [3.63, 3.8) is 0 Å². The number of fused-ring (bicyclic) bond motifs is 1. The van der Waals surface area contributed by atoms with E-state index in [-0.39, 0.29) is 5.97 Å². The molecular formula is C16H20O3S2. The Morgan fingerprint density at radius 3 is 2.48 bits per heavy atom. The monoisotopic (exact) mass is 324 g/mol. The van der Waals surface area contributed by atoms with E-state index in [1.165, 1.54) is 19.2 Å². The molecule has 0 bridgehead atoms. The average molecular weight is 324 g/mol. The molecule has 0 spiro atoms. The summed E-state index contributed by atoms with van der Waals surface area (Å²) >= 11 is 3.48. The lowest BCUT2D eigenvalue weighted by atomic mass is 10.2. The summed E-state index contributed by atoms with van der Waals surface area (Å²) in [5, 5.41) is 0. The predicted molar refractivity (Wildman–Crippen MR) is 88.3 cm³/mol. The number of thiophene rings is 2. The second-order valence-corrected chi connectivity index (χ2v) is 7.27. The van der Waals surface area contributed by atoms with E-state index in [1.807, 2.05) is 0 Å². The normalized spacial score (nSPS) is 10.9. The first kappa shape index (κ1) is 16.2. The highest BCUT2D eigenvalue weighted by Crippen LogP contribution is 2.34. The van der Waals surface area contributed by atoms with E-state index in [4.69, 9.17) is 4.74 Å². The van der Waals surface area contributed by atoms with Gasteiger partial charge in [0.25, 0.3) is 0 Å². The van der Waals surface area contributed by atoms with Gasteiger partial charge in [0.15, 0.2) is 0 Å². The molecule has 0 unspecified atom stereocenters. The van der Waals surface area contributed by atoms with Crippen LogP contribution in [0.3, 0.4) is 0 Å². The van der Waals surface area contributed by atoms with Gasteiger partial charge in [-0.1, -0.05) is 13.3 Å². The minimum atomic E-state index is -0.105. The van der Waals surface area contributed by atoms with E-state index < -0.39 is 0 Å². The Hall–Kier alpha value is -1.20. The Kier molecular flexibility index (Phi) is 6.39. The molecule has 5 heteroatoms. The van der Waals surface area contributed by atoms with Gasteiger partial charge in [0.1, 0.15) is 6.29 Å². The quantitative estimate of drug-likeness (QED) is 0.391. The summed E-state index contributed by atoms with van der Waals surface area (Å²) in [6.07, 6.45) is 5.56. The molecule has 2 aromatic heterocycles. The number of ether oxygens (including phenoxy) is 1. The fraction of sp³-hybridized carbons (Fsp3) is 0.500. The largest absolute Gasteiger partial charge is 0.466 e. The van der Waals surface area contributed by atoms with Crippen LogP contribution in [0.5, 0.6) is 0 Å². The SMILES string of the molecule is CCCCOC(=O)CCc1cc2sc(CCC=O)cc2s1. The zero-order valence-corrected chi connectivity index (χ0v) is 13.9. The lowest BCUT2D eigenvalue weighted by molar-refractivity contribution is -0.143. The topological polar surface area (TPSA) is 43.4 Å². The number of unbranched alkanes of at least 4 members (excludes halogenated alkanes) is 1. The maximum absolute atomic E-state index is 11.6. The summed E-state index contributed by atoms with van der Waals surface area (Å²) in [6.45, 7) is 2.62. The van der Waals surface area contributed by atoms with E-state index in [0.29, 0.717) is 19.4 Å². The molecule has 2 aromatic rings. The summed E-state index contributed by atoms with van der Waals surface area (Å²) in [4.78, 5) is 24.4. The molecule has 0 N–H and O–H groups in total. The van der Waals surface area contributed by atoms with Gasteiger partial charge in [0, 0.05) is 25.6 Å².